The van der Waals surface area contributed by atoms with E-state index in [0.29, 0.717) is 25.9 Å². The Balaban J connectivity index is 1.89. The molecule has 1 heterocycles. The Hall–Kier alpha value is -1.91. The number of halogens is 1. The van der Waals surface area contributed by atoms with E-state index in [1.54, 1.807) is 24.0 Å². The first-order chi connectivity index (χ1) is 9.97. The highest BCUT2D eigenvalue weighted by molar-refractivity contribution is 5.80. The van der Waals surface area contributed by atoms with Crippen molar-refractivity contribution in [1.82, 2.24) is 10.2 Å². The van der Waals surface area contributed by atoms with Crippen molar-refractivity contribution in [2.24, 2.45) is 5.92 Å². The van der Waals surface area contributed by atoms with Crippen molar-refractivity contribution in [1.29, 1.82) is 0 Å². The maximum Gasteiger partial charge on any atom is 0.223 e. The number of likely N-dealkylation sites (tertiary alicyclic amines) is 1. The predicted molar refractivity (Wildman–Crippen MR) is 77.9 cm³/mol. The number of rotatable bonds is 3. The zero-order valence-electron chi connectivity index (χ0n) is 12.4. The van der Waals surface area contributed by atoms with E-state index in [9.17, 15) is 14.0 Å². The monoisotopic (exact) mass is 292 g/mol. The van der Waals surface area contributed by atoms with E-state index in [4.69, 9.17) is 0 Å². The van der Waals surface area contributed by atoms with Gasteiger partial charge >= 0.3 is 0 Å². The van der Waals surface area contributed by atoms with E-state index >= 15 is 0 Å². The van der Waals surface area contributed by atoms with Crippen molar-refractivity contribution < 1.29 is 14.0 Å². The molecular formula is C16H21FN2O2. The minimum atomic E-state index is -0.302. The second-order valence-corrected chi connectivity index (χ2v) is 5.57. The molecule has 1 aliphatic heterocycles. The van der Waals surface area contributed by atoms with Crippen LogP contribution >= 0.6 is 0 Å². The molecule has 0 radical (unpaired) electrons. The Morgan fingerprint density at radius 1 is 1.33 bits per heavy atom. The Morgan fingerprint density at radius 3 is 2.57 bits per heavy atom. The van der Waals surface area contributed by atoms with Crippen LogP contribution in [0.1, 0.15) is 38.3 Å². The zero-order valence-corrected chi connectivity index (χ0v) is 12.4. The zero-order chi connectivity index (χ0) is 15.4. The van der Waals surface area contributed by atoms with Gasteiger partial charge in [0.1, 0.15) is 5.82 Å². The molecule has 114 valence electrons. The number of nitrogens with one attached hydrogen (secondary N) is 1. The lowest BCUT2D eigenvalue weighted by Gasteiger charge is -2.31. The number of carbonyl (C=O) groups excluding carboxylic acids is 2. The van der Waals surface area contributed by atoms with Crippen LogP contribution in [0, 0.1) is 11.7 Å². The van der Waals surface area contributed by atoms with Gasteiger partial charge in [-0.25, -0.2) is 4.39 Å². The maximum atomic E-state index is 13.2. The van der Waals surface area contributed by atoms with Crippen LogP contribution in [0.3, 0.4) is 0 Å². The summed E-state index contributed by atoms with van der Waals surface area (Å²) < 4.78 is 13.2. The van der Waals surface area contributed by atoms with Gasteiger partial charge in [0.15, 0.2) is 0 Å². The molecule has 2 rings (SSSR count). The average Bonchev–Trinajstić information content (AvgIpc) is 2.47. The average molecular weight is 292 g/mol. The number of carbonyl (C=O) groups is 2. The second-order valence-electron chi connectivity index (χ2n) is 5.57. The number of hydrogen-bond acceptors (Lipinski definition) is 2. The number of piperidine rings is 1. The highest BCUT2D eigenvalue weighted by Crippen LogP contribution is 2.20. The van der Waals surface area contributed by atoms with Gasteiger partial charge in [0.25, 0.3) is 0 Å². The summed E-state index contributed by atoms with van der Waals surface area (Å²) in [5.41, 5.74) is 0.754. The number of benzene rings is 1. The highest BCUT2D eigenvalue weighted by Gasteiger charge is 2.26. The SMILES string of the molecule is CC(=O)N1CCC(C(=O)NC(C)c2cccc(F)c2)CC1. The predicted octanol–water partition coefficient (Wildman–Crippen LogP) is 2.26. The molecule has 0 bridgehead atoms. The summed E-state index contributed by atoms with van der Waals surface area (Å²) >= 11 is 0. The number of nitrogens with zero attached hydrogens (tertiary/aromatic N) is 1. The molecule has 5 heteroatoms. The van der Waals surface area contributed by atoms with Gasteiger partial charge in [-0.3, -0.25) is 9.59 Å². The molecule has 1 atom stereocenters. The van der Waals surface area contributed by atoms with E-state index in [2.05, 4.69) is 5.32 Å². The summed E-state index contributed by atoms with van der Waals surface area (Å²) in [6, 6.07) is 6.03. The van der Waals surface area contributed by atoms with E-state index in [1.807, 2.05) is 6.92 Å². The fourth-order valence-corrected chi connectivity index (χ4v) is 2.65. The van der Waals surface area contributed by atoms with Gasteiger partial charge in [0.05, 0.1) is 6.04 Å². The maximum absolute atomic E-state index is 13.2. The topological polar surface area (TPSA) is 49.4 Å². The molecule has 0 aromatic heterocycles. The van der Waals surface area contributed by atoms with Gasteiger partial charge in [-0.15, -0.1) is 0 Å². The molecule has 1 saturated heterocycles. The first-order valence-electron chi connectivity index (χ1n) is 7.28. The summed E-state index contributed by atoms with van der Waals surface area (Å²) in [6.07, 6.45) is 1.36. The van der Waals surface area contributed by atoms with Crippen LogP contribution in [0.25, 0.3) is 0 Å². The van der Waals surface area contributed by atoms with Crippen LogP contribution in [-0.4, -0.2) is 29.8 Å². The van der Waals surface area contributed by atoms with Crippen molar-refractivity contribution in [3.05, 3.63) is 35.6 Å². The molecular weight excluding hydrogens is 271 g/mol. The van der Waals surface area contributed by atoms with Crippen LogP contribution in [-0.2, 0) is 9.59 Å². The third-order valence-corrected chi connectivity index (χ3v) is 4.02. The Labute approximate surface area is 124 Å². The third-order valence-electron chi connectivity index (χ3n) is 4.02. The van der Waals surface area contributed by atoms with Gasteiger partial charge < -0.3 is 10.2 Å². The van der Waals surface area contributed by atoms with E-state index in [0.717, 1.165) is 5.56 Å². The highest BCUT2D eigenvalue weighted by atomic mass is 19.1. The molecule has 1 aromatic carbocycles. The van der Waals surface area contributed by atoms with Crippen LogP contribution in [0.4, 0.5) is 4.39 Å². The molecule has 0 spiro atoms. The lowest BCUT2D eigenvalue weighted by molar-refractivity contribution is -0.134. The normalized spacial score (nSPS) is 17.4. The Kier molecular flexibility index (Phi) is 4.94. The summed E-state index contributed by atoms with van der Waals surface area (Å²) in [4.78, 5) is 25.3. The second kappa shape index (κ2) is 6.70. The van der Waals surface area contributed by atoms with E-state index in [1.165, 1.54) is 12.1 Å². The molecule has 1 N–H and O–H groups in total. The largest absolute Gasteiger partial charge is 0.349 e. The minimum Gasteiger partial charge on any atom is -0.349 e. The fourth-order valence-electron chi connectivity index (χ4n) is 2.65. The van der Waals surface area contributed by atoms with Crippen LogP contribution in [0.2, 0.25) is 0 Å². The van der Waals surface area contributed by atoms with E-state index < -0.39 is 0 Å². The summed E-state index contributed by atoms with van der Waals surface area (Å²) in [6.45, 7) is 4.65. The van der Waals surface area contributed by atoms with Gasteiger partial charge in [0, 0.05) is 25.9 Å². The van der Waals surface area contributed by atoms with Crippen LogP contribution < -0.4 is 5.32 Å². The lowest BCUT2D eigenvalue weighted by Crippen LogP contribution is -2.42. The first-order valence-corrected chi connectivity index (χ1v) is 7.28. The molecule has 0 saturated carbocycles. The van der Waals surface area contributed by atoms with Gasteiger partial charge in [-0.1, -0.05) is 12.1 Å². The van der Waals surface area contributed by atoms with Crippen LogP contribution in [0.15, 0.2) is 24.3 Å². The van der Waals surface area contributed by atoms with Gasteiger partial charge in [-0.05, 0) is 37.5 Å². The summed E-state index contributed by atoms with van der Waals surface area (Å²) in [5, 5.41) is 2.93. The quantitative estimate of drug-likeness (QED) is 0.929. The van der Waals surface area contributed by atoms with E-state index in [-0.39, 0.29) is 29.6 Å². The van der Waals surface area contributed by atoms with Crippen molar-refractivity contribution >= 4 is 11.8 Å². The Morgan fingerprint density at radius 2 is 2.00 bits per heavy atom. The first kappa shape index (κ1) is 15.5. The molecule has 0 aliphatic carbocycles. The molecule has 1 fully saturated rings. The molecule has 1 aliphatic rings. The van der Waals surface area contributed by atoms with Crippen molar-refractivity contribution in [3.8, 4) is 0 Å². The lowest BCUT2D eigenvalue weighted by atomic mass is 9.95. The third kappa shape index (κ3) is 4.03. The van der Waals surface area contributed by atoms with Crippen molar-refractivity contribution in [2.75, 3.05) is 13.1 Å². The Bertz CT molecular complexity index is 525. The van der Waals surface area contributed by atoms with Gasteiger partial charge in [-0.2, -0.15) is 0 Å². The minimum absolute atomic E-state index is 0.0186. The van der Waals surface area contributed by atoms with Crippen molar-refractivity contribution in [3.63, 3.8) is 0 Å². The summed E-state index contributed by atoms with van der Waals surface area (Å²) in [5.74, 6) is -0.336. The number of amides is 2. The molecule has 21 heavy (non-hydrogen) atoms. The molecule has 4 nitrogen and oxygen atoms in total. The summed E-state index contributed by atoms with van der Waals surface area (Å²) in [7, 11) is 0. The molecule has 1 unspecified atom stereocenters. The number of hydrogen-bond donors (Lipinski definition) is 1. The smallest absolute Gasteiger partial charge is 0.223 e. The molecule has 1 aromatic rings. The molecule has 2 amide bonds. The van der Waals surface area contributed by atoms with Crippen LogP contribution in [0.5, 0.6) is 0 Å². The van der Waals surface area contributed by atoms with Gasteiger partial charge in [0.2, 0.25) is 11.8 Å². The standard InChI is InChI=1S/C16H21FN2O2/c1-11(14-4-3-5-15(17)10-14)18-16(21)13-6-8-19(9-7-13)12(2)20/h3-5,10-11,13H,6-9H2,1-2H3,(H,18,21). The fraction of sp³-hybridized carbons (Fsp3) is 0.500. The van der Waals surface area contributed by atoms with Crippen molar-refractivity contribution in [2.45, 2.75) is 32.7 Å².